The van der Waals surface area contributed by atoms with Gasteiger partial charge in [-0.2, -0.15) is 16.9 Å². The van der Waals surface area contributed by atoms with Gasteiger partial charge in [-0.3, -0.25) is 4.79 Å². The van der Waals surface area contributed by atoms with E-state index in [4.69, 9.17) is 4.98 Å². The van der Waals surface area contributed by atoms with Gasteiger partial charge in [-0.1, -0.05) is 30.3 Å². The topological polar surface area (TPSA) is 75.6 Å². The molecule has 0 saturated carbocycles. The van der Waals surface area contributed by atoms with Crippen LogP contribution in [0.4, 0.5) is 0 Å². The van der Waals surface area contributed by atoms with E-state index in [1.807, 2.05) is 73.1 Å². The second-order valence-electron chi connectivity index (χ2n) is 7.24. The number of para-hydroxylation sites is 3. The van der Waals surface area contributed by atoms with Crippen LogP contribution in [0.25, 0.3) is 16.7 Å². The number of rotatable bonds is 7. The Bertz CT molecular complexity index is 1130. The van der Waals surface area contributed by atoms with Crippen molar-refractivity contribution in [1.82, 2.24) is 25.1 Å². The molecule has 0 fully saturated rings. The van der Waals surface area contributed by atoms with E-state index in [-0.39, 0.29) is 11.9 Å². The maximum Gasteiger partial charge on any atom is 0.255 e. The van der Waals surface area contributed by atoms with Crippen LogP contribution in [0.1, 0.15) is 40.0 Å². The monoisotopic (exact) mass is 419 g/mol. The molecule has 0 bridgehead atoms. The average molecular weight is 420 g/mol. The largest absolute Gasteiger partial charge is 0.342 e. The Hall–Kier alpha value is -3.06. The molecule has 0 radical (unpaired) electrons. The van der Waals surface area contributed by atoms with Crippen molar-refractivity contribution < 1.29 is 4.79 Å². The van der Waals surface area contributed by atoms with Gasteiger partial charge in [0.15, 0.2) is 0 Å². The number of nitrogens with one attached hydrogen (secondary N) is 2. The summed E-state index contributed by atoms with van der Waals surface area (Å²) in [5.41, 5.74) is 4.96. The fourth-order valence-electron chi connectivity index (χ4n) is 3.67. The first kappa shape index (κ1) is 20.2. The van der Waals surface area contributed by atoms with E-state index in [2.05, 4.69) is 21.7 Å². The van der Waals surface area contributed by atoms with E-state index < -0.39 is 0 Å². The van der Waals surface area contributed by atoms with Crippen molar-refractivity contribution in [2.24, 2.45) is 0 Å². The molecule has 0 aliphatic carbocycles. The highest BCUT2D eigenvalue weighted by atomic mass is 32.2. The highest BCUT2D eigenvalue weighted by Crippen LogP contribution is 2.23. The number of hydrogen-bond donors (Lipinski definition) is 2. The fraction of sp³-hybridized carbons (Fsp3) is 0.261. The number of fused-ring (bicyclic) bond motifs is 1. The van der Waals surface area contributed by atoms with Crippen LogP contribution in [0.3, 0.4) is 0 Å². The number of carbonyl (C=O) groups excluding carboxylic acids is 1. The Labute approximate surface area is 180 Å². The summed E-state index contributed by atoms with van der Waals surface area (Å²) < 4.78 is 1.82. The van der Waals surface area contributed by atoms with Crippen LogP contribution in [0.15, 0.2) is 54.6 Å². The Morgan fingerprint density at radius 2 is 1.87 bits per heavy atom. The number of aromatic amines is 1. The molecule has 6 nitrogen and oxygen atoms in total. The maximum absolute atomic E-state index is 13.3. The van der Waals surface area contributed by atoms with Gasteiger partial charge in [0.25, 0.3) is 5.91 Å². The number of carbonyl (C=O) groups is 1. The maximum atomic E-state index is 13.3. The summed E-state index contributed by atoms with van der Waals surface area (Å²) in [6, 6.07) is 17.6. The van der Waals surface area contributed by atoms with Gasteiger partial charge in [-0.15, -0.1) is 0 Å². The number of thioether (sulfide) groups is 1. The third-order valence-corrected chi connectivity index (χ3v) is 5.82. The molecule has 2 aromatic carbocycles. The molecule has 0 spiro atoms. The molecule has 4 rings (SSSR count). The molecule has 7 heteroatoms. The molecule has 154 valence electrons. The zero-order valence-corrected chi connectivity index (χ0v) is 18.2. The summed E-state index contributed by atoms with van der Waals surface area (Å²) in [5, 5.41) is 7.80. The van der Waals surface area contributed by atoms with E-state index in [1.54, 1.807) is 11.8 Å². The van der Waals surface area contributed by atoms with Crippen LogP contribution in [-0.4, -0.2) is 37.7 Å². The van der Waals surface area contributed by atoms with E-state index in [0.717, 1.165) is 40.4 Å². The van der Waals surface area contributed by atoms with Gasteiger partial charge in [0, 0.05) is 0 Å². The molecule has 0 aliphatic rings. The number of aromatic nitrogens is 4. The molecule has 1 atom stereocenters. The second kappa shape index (κ2) is 8.75. The Morgan fingerprint density at radius 1 is 1.13 bits per heavy atom. The first-order chi connectivity index (χ1) is 14.6. The Balaban J connectivity index is 1.64. The molecule has 4 aromatic rings. The summed E-state index contributed by atoms with van der Waals surface area (Å²) in [5.74, 6) is 1.58. The lowest BCUT2D eigenvalue weighted by atomic mass is 10.1. The van der Waals surface area contributed by atoms with Crippen LogP contribution in [0.2, 0.25) is 0 Å². The van der Waals surface area contributed by atoms with Crippen LogP contribution in [0, 0.1) is 13.8 Å². The predicted octanol–water partition coefficient (Wildman–Crippen LogP) is 4.59. The Morgan fingerprint density at radius 3 is 2.60 bits per heavy atom. The lowest BCUT2D eigenvalue weighted by Crippen LogP contribution is -2.30. The first-order valence-electron chi connectivity index (χ1n) is 9.94. The zero-order valence-electron chi connectivity index (χ0n) is 17.3. The highest BCUT2D eigenvalue weighted by molar-refractivity contribution is 7.98. The summed E-state index contributed by atoms with van der Waals surface area (Å²) in [4.78, 5) is 21.4. The van der Waals surface area contributed by atoms with Gasteiger partial charge < -0.3 is 10.3 Å². The van der Waals surface area contributed by atoms with E-state index >= 15 is 0 Å². The lowest BCUT2D eigenvalue weighted by Gasteiger charge is -2.16. The van der Waals surface area contributed by atoms with Crippen molar-refractivity contribution in [3.63, 3.8) is 0 Å². The zero-order chi connectivity index (χ0) is 21.1. The van der Waals surface area contributed by atoms with Crippen molar-refractivity contribution in [3.05, 3.63) is 77.4 Å². The third-order valence-electron chi connectivity index (χ3n) is 5.17. The number of amides is 1. The number of imidazole rings is 1. The van der Waals surface area contributed by atoms with E-state index in [0.29, 0.717) is 11.3 Å². The minimum Gasteiger partial charge on any atom is -0.342 e. The number of aryl methyl sites for hydroxylation is 1. The summed E-state index contributed by atoms with van der Waals surface area (Å²) in [7, 11) is 0. The summed E-state index contributed by atoms with van der Waals surface area (Å²) in [6.45, 7) is 3.81. The van der Waals surface area contributed by atoms with E-state index in [9.17, 15) is 4.79 Å². The van der Waals surface area contributed by atoms with Gasteiger partial charge in [0.05, 0.1) is 39.7 Å². The quantitative estimate of drug-likeness (QED) is 0.459. The number of benzene rings is 2. The minimum atomic E-state index is -0.198. The second-order valence-corrected chi connectivity index (χ2v) is 8.23. The van der Waals surface area contributed by atoms with Crippen molar-refractivity contribution in [2.45, 2.75) is 26.3 Å². The highest BCUT2D eigenvalue weighted by Gasteiger charge is 2.24. The van der Waals surface area contributed by atoms with Gasteiger partial charge in [0.1, 0.15) is 5.82 Å². The molecule has 1 unspecified atom stereocenters. The molecule has 1 amide bonds. The van der Waals surface area contributed by atoms with Crippen LogP contribution in [0.5, 0.6) is 0 Å². The van der Waals surface area contributed by atoms with Crippen LogP contribution in [-0.2, 0) is 0 Å². The summed E-state index contributed by atoms with van der Waals surface area (Å²) in [6.07, 6.45) is 2.85. The molecule has 2 aromatic heterocycles. The molecular formula is C23H25N5OS. The smallest absolute Gasteiger partial charge is 0.255 e. The molecule has 0 aliphatic heterocycles. The third kappa shape index (κ3) is 3.98. The SMILES string of the molecule is CSCCC(NC(=O)c1c(C)nn(-c2ccccc2)c1C)c1nc2ccccc2[nH]1. The first-order valence-corrected chi connectivity index (χ1v) is 11.3. The van der Waals surface area contributed by atoms with Crippen molar-refractivity contribution in [3.8, 4) is 5.69 Å². The van der Waals surface area contributed by atoms with E-state index in [1.165, 1.54) is 0 Å². The van der Waals surface area contributed by atoms with Gasteiger partial charge in [-0.05, 0) is 56.5 Å². The van der Waals surface area contributed by atoms with Gasteiger partial charge in [0.2, 0.25) is 0 Å². The standard InChI is InChI=1S/C23H25N5OS/c1-15-21(16(2)28(27-15)17-9-5-4-6-10-17)23(29)26-20(13-14-30-3)22-24-18-11-7-8-12-19(18)25-22/h4-12,20H,13-14H2,1-3H3,(H,24,25)(H,26,29). The lowest BCUT2D eigenvalue weighted by molar-refractivity contribution is 0.0933. The predicted molar refractivity (Wildman–Crippen MR) is 122 cm³/mol. The van der Waals surface area contributed by atoms with Gasteiger partial charge in [-0.25, -0.2) is 9.67 Å². The minimum absolute atomic E-state index is 0.126. The molecular weight excluding hydrogens is 394 g/mol. The number of hydrogen-bond acceptors (Lipinski definition) is 4. The van der Waals surface area contributed by atoms with Crippen molar-refractivity contribution in [2.75, 3.05) is 12.0 Å². The number of nitrogens with zero attached hydrogens (tertiary/aromatic N) is 3. The Kier molecular flexibility index (Phi) is 5.90. The average Bonchev–Trinajstić information content (AvgIpc) is 3.32. The van der Waals surface area contributed by atoms with Crippen LogP contribution < -0.4 is 5.32 Å². The van der Waals surface area contributed by atoms with Crippen molar-refractivity contribution in [1.29, 1.82) is 0 Å². The molecule has 2 N–H and O–H groups in total. The number of H-pyrrole nitrogens is 1. The van der Waals surface area contributed by atoms with Crippen LogP contribution >= 0.6 is 11.8 Å². The van der Waals surface area contributed by atoms with Gasteiger partial charge >= 0.3 is 0 Å². The molecule has 2 heterocycles. The normalized spacial score (nSPS) is 12.2. The molecule has 0 saturated heterocycles. The molecule has 30 heavy (non-hydrogen) atoms. The summed E-state index contributed by atoms with van der Waals surface area (Å²) >= 11 is 1.75. The fourth-order valence-corrected chi connectivity index (χ4v) is 4.14. The van der Waals surface area contributed by atoms with Crippen molar-refractivity contribution >= 4 is 28.7 Å².